The van der Waals surface area contributed by atoms with Gasteiger partial charge in [-0.1, -0.05) is 18.2 Å². The number of carbonyl (C=O) groups excluding carboxylic acids is 1. The van der Waals surface area contributed by atoms with Gasteiger partial charge in [0, 0.05) is 10.9 Å². The predicted octanol–water partition coefficient (Wildman–Crippen LogP) is 2.76. The highest BCUT2D eigenvalue weighted by Gasteiger charge is 2.15. The Morgan fingerprint density at radius 2 is 2.17 bits per heavy atom. The maximum Gasteiger partial charge on any atom is 0.355 e. The van der Waals surface area contributed by atoms with E-state index < -0.39 is 0 Å². The molecular weight excluding hydrogens is 252 g/mol. The van der Waals surface area contributed by atoms with Crippen molar-refractivity contribution in [3.63, 3.8) is 0 Å². The number of carbonyl (C=O) groups is 1. The van der Waals surface area contributed by atoms with E-state index in [1.54, 1.807) is 17.6 Å². The number of ether oxygens (including phenoxy) is 1. The molecule has 0 fully saturated rings. The lowest BCUT2D eigenvalue weighted by Gasteiger charge is -2.05. The predicted molar refractivity (Wildman–Crippen MR) is 70.8 cm³/mol. The standard InChI is InChI=1S/C13H12N2O2.ClH/c1-2-17-13(16)12-9-10-5-3-4-6-11(10)15(12)8-7-14;/h3-6,9H,2,8H2,1H3;1H. The SMILES string of the molecule is CCOC(=O)c1cc2ccccc2n1CC#N.Cl. The molecule has 0 aliphatic rings. The second-order valence-corrected chi connectivity index (χ2v) is 3.55. The van der Waals surface area contributed by atoms with Crippen LogP contribution in [0.15, 0.2) is 30.3 Å². The van der Waals surface area contributed by atoms with Gasteiger partial charge in [0.05, 0.1) is 12.7 Å². The van der Waals surface area contributed by atoms with Gasteiger partial charge in [-0.3, -0.25) is 0 Å². The Hall–Kier alpha value is -1.99. The number of benzene rings is 1. The third kappa shape index (κ3) is 2.47. The van der Waals surface area contributed by atoms with Crippen molar-refractivity contribution in [2.24, 2.45) is 0 Å². The van der Waals surface area contributed by atoms with Crippen molar-refractivity contribution in [2.45, 2.75) is 13.5 Å². The summed E-state index contributed by atoms with van der Waals surface area (Å²) in [5.41, 5.74) is 1.30. The summed E-state index contributed by atoms with van der Waals surface area (Å²) in [5, 5.41) is 9.75. The van der Waals surface area contributed by atoms with Crippen molar-refractivity contribution in [1.82, 2.24) is 4.57 Å². The zero-order chi connectivity index (χ0) is 12.3. The van der Waals surface area contributed by atoms with Crippen LogP contribution in [0.1, 0.15) is 17.4 Å². The molecule has 0 aliphatic carbocycles. The number of nitrogens with zero attached hydrogens (tertiary/aromatic N) is 2. The molecule has 0 radical (unpaired) electrons. The summed E-state index contributed by atoms with van der Waals surface area (Å²) in [6, 6.07) is 11.4. The summed E-state index contributed by atoms with van der Waals surface area (Å²) < 4.78 is 6.65. The molecule has 0 N–H and O–H groups in total. The van der Waals surface area contributed by atoms with E-state index in [2.05, 4.69) is 6.07 Å². The van der Waals surface area contributed by atoms with Gasteiger partial charge in [0.2, 0.25) is 0 Å². The third-order valence-corrected chi connectivity index (χ3v) is 2.52. The molecule has 0 amide bonds. The number of nitriles is 1. The quantitative estimate of drug-likeness (QED) is 0.801. The van der Waals surface area contributed by atoms with Gasteiger partial charge in [0.1, 0.15) is 12.2 Å². The van der Waals surface area contributed by atoms with Crippen LogP contribution in [-0.2, 0) is 11.3 Å². The van der Waals surface area contributed by atoms with Gasteiger partial charge in [-0.2, -0.15) is 5.26 Å². The van der Waals surface area contributed by atoms with Crippen molar-refractivity contribution in [3.8, 4) is 6.07 Å². The minimum absolute atomic E-state index is 0. The number of hydrogen-bond donors (Lipinski definition) is 0. The zero-order valence-corrected chi connectivity index (χ0v) is 10.7. The Bertz CT molecular complexity index is 599. The maximum atomic E-state index is 11.8. The molecule has 0 saturated carbocycles. The molecular formula is C13H13ClN2O2. The van der Waals surface area contributed by atoms with E-state index >= 15 is 0 Å². The molecule has 0 saturated heterocycles. The van der Waals surface area contributed by atoms with E-state index in [4.69, 9.17) is 10.00 Å². The molecule has 2 aromatic rings. The van der Waals surface area contributed by atoms with Crippen LogP contribution in [0.25, 0.3) is 10.9 Å². The van der Waals surface area contributed by atoms with Crippen LogP contribution in [0.4, 0.5) is 0 Å². The Morgan fingerprint density at radius 3 is 2.83 bits per heavy atom. The number of aromatic nitrogens is 1. The second-order valence-electron chi connectivity index (χ2n) is 3.55. The molecule has 0 bridgehead atoms. The molecule has 5 heteroatoms. The largest absolute Gasteiger partial charge is 0.461 e. The van der Waals surface area contributed by atoms with Gasteiger partial charge in [-0.25, -0.2) is 4.79 Å². The lowest BCUT2D eigenvalue weighted by Crippen LogP contribution is -2.11. The first-order valence-electron chi connectivity index (χ1n) is 5.40. The first-order chi connectivity index (χ1) is 8.27. The topological polar surface area (TPSA) is 55.0 Å². The first kappa shape index (κ1) is 14.1. The molecule has 94 valence electrons. The van der Waals surface area contributed by atoms with Crippen molar-refractivity contribution in [2.75, 3.05) is 6.61 Å². The Morgan fingerprint density at radius 1 is 1.44 bits per heavy atom. The average Bonchev–Trinajstić information content (AvgIpc) is 2.70. The normalized spacial score (nSPS) is 9.56. The second kappa shape index (κ2) is 6.08. The van der Waals surface area contributed by atoms with Crippen LogP contribution in [0.3, 0.4) is 0 Å². The number of halogens is 1. The van der Waals surface area contributed by atoms with E-state index in [1.807, 2.05) is 24.3 Å². The van der Waals surface area contributed by atoms with Crippen LogP contribution in [0.2, 0.25) is 0 Å². The van der Waals surface area contributed by atoms with E-state index in [9.17, 15) is 4.79 Å². The van der Waals surface area contributed by atoms with E-state index in [1.165, 1.54) is 0 Å². The Balaban J connectivity index is 0.00000162. The van der Waals surface area contributed by atoms with Crippen LogP contribution in [0.5, 0.6) is 0 Å². The molecule has 1 aromatic carbocycles. The van der Waals surface area contributed by atoms with Gasteiger partial charge in [0.15, 0.2) is 0 Å². The van der Waals surface area contributed by atoms with Crippen LogP contribution < -0.4 is 0 Å². The molecule has 0 spiro atoms. The summed E-state index contributed by atoms with van der Waals surface area (Å²) in [6.45, 7) is 2.23. The summed E-state index contributed by atoms with van der Waals surface area (Å²) in [5.74, 6) is -0.390. The summed E-state index contributed by atoms with van der Waals surface area (Å²) in [6.07, 6.45) is 0. The van der Waals surface area contributed by atoms with E-state index in [0.717, 1.165) is 10.9 Å². The fourth-order valence-electron chi connectivity index (χ4n) is 1.83. The van der Waals surface area contributed by atoms with E-state index in [-0.39, 0.29) is 24.9 Å². The summed E-state index contributed by atoms with van der Waals surface area (Å²) >= 11 is 0. The summed E-state index contributed by atoms with van der Waals surface area (Å²) in [7, 11) is 0. The first-order valence-corrected chi connectivity index (χ1v) is 5.40. The van der Waals surface area contributed by atoms with Crippen molar-refractivity contribution in [1.29, 1.82) is 5.26 Å². The van der Waals surface area contributed by atoms with Gasteiger partial charge in [-0.05, 0) is 19.1 Å². The molecule has 4 nitrogen and oxygen atoms in total. The lowest BCUT2D eigenvalue weighted by molar-refractivity contribution is 0.0515. The van der Waals surface area contributed by atoms with Crippen molar-refractivity contribution >= 4 is 29.3 Å². The highest BCUT2D eigenvalue weighted by Crippen LogP contribution is 2.20. The fourth-order valence-corrected chi connectivity index (χ4v) is 1.83. The molecule has 0 unspecified atom stereocenters. The highest BCUT2D eigenvalue weighted by atomic mass is 35.5. The third-order valence-electron chi connectivity index (χ3n) is 2.52. The average molecular weight is 265 g/mol. The number of para-hydroxylation sites is 1. The Labute approximate surface area is 111 Å². The monoisotopic (exact) mass is 264 g/mol. The van der Waals surface area contributed by atoms with Crippen LogP contribution >= 0.6 is 12.4 Å². The molecule has 0 atom stereocenters. The van der Waals surface area contributed by atoms with Gasteiger partial charge >= 0.3 is 5.97 Å². The van der Waals surface area contributed by atoms with E-state index in [0.29, 0.717) is 12.3 Å². The summed E-state index contributed by atoms with van der Waals surface area (Å²) in [4.78, 5) is 11.8. The molecule has 1 heterocycles. The molecule has 18 heavy (non-hydrogen) atoms. The maximum absolute atomic E-state index is 11.8. The van der Waals surface area contributed by atoms with Gasteiger partial charge in [-0.15, -0.1) is 12.4 Å². The molecule has 1 aromatic heterocycles. The zero-order valence-electron chi connectivity index (χ0n) is 9.92. The number of hydrogen-bond acceptors (Lipinski definition) is 3. The smallest absolute Gasteiger partial charge is 0.355 e. The molecule has 2 rings (SSSR count). The minimum atomic E-state index is -0.390. The van der Waals surface area contributed by atoms with Crippen molar-refractivity contribution in [3.05, 3.63) is 36.0 Å². The number of esters is 1. The lowest BCUT2D eigenvalue weighted by atomic mass is 10.2. The highest BCUT2D eigenvalue weighted by molar-refractivity contribution is 5.95. The Kier molecular flexibility index (Phi) is 4.75. The van der Waals surface area contributed by atoms with Crippen LogP contribution in [0, 0.1) is 11.3 Å². The number of rotatable bonds is 3. The minimum Gasteiger partial charge on any atom is -0.461 e. The van der Waals surface area contributed by atoms with Crippen LogP contribution in [-0.4, -0.2) is 17.1 Å². The fraction of sp³-hybridized carbons (Fsp3) is 0.231. The van der Waals surface area contributed by atoms with Gasteiger partial charge < -0.3 is 9.30 Å². The number of fused-ring (bicyclic) bond motifs is 1. The van der Waals surface area contributed by atoms with Crippen molar-refractivity contribution < 1.29 is 9.53 Å². The van der Waals surface area contributed by atoms with Gasteiger partial charge in [0.25, 0.3) is 0 Å². The molecule has 0 aliphatic heterocycles.